The normalized spacial score (nSPS) is 15.2. The first-order valence-corrected chi connectivity index (χ1v) is 8.11. The highest BCUT2D eigenvalue weighted by atomic mass is 16.5. The largest absolute Gasteiger partial charge is 0.491 e. The van der Waals surface area contributed by atoms with Crippen LogP contribution < -0.4 is 15.8 Å². The van der Waals surface area contributed by atoms with Crippen LogP contribution in [0.15, 0.2) is 24.3 Å². The monoisotopic (exact) mass is 306 g/mol. The highest BCUT2D eigenvalue weighted by molar-refractivity contribution is 5.79. The standard InChI is InChI=1S/C18H30N2O2/c1-12(2)22-17-10-8-16(9-11-17)7-6-13(3)20-18(21)14(4)15(5)19/h8-15H,6-7,19H2,1-5H3,(H,20,21). The maximum atomic E-state index is 11.9. The average Bonchev–Trinajstić information content (AvgIpc) is 2.45. The molecule has 0 spiro atoms. The Labute approximate surface area is 134 Å². The van der Waals surface area contributed by atoms with Crippen LogP contribution in [0.25, 0.3) is 0 Å². The summed E-state index contributed by atoms with van der Waals surface area (Å²) in [5.41, 5.74) is 7.00. The Balaban J connectivity index is 2.40. The van der Waals surface area contributed by atoms with E-state index in [4.69, 9.17) is 10.5 Å². The molecule has 1 aromatic rings. The van der Waals surface area contributed by atoms with Gasteiger partial charge in [-0.05, 0) is 58.2 Å². The van der Waals surface area contributed by atoms with Crippen LogP contribution in [0, 0.1) is 5.92 Å². The van der Waals surface area contributed by atoms with Crippen LogP contribution in [0.2, 0.25) is 0 Å². The molecular weight excluding hydrogens is 276 g/mol. The Morgan fingerprint density at radius 2 is 1.73 bits per heavy atom. The van der Waals surface area contributed by atoms with Gasteiger partial charge >= 0.3 is 0 Å². The van der Waals surface area contributed by atoms with Crippen molar-refractivity contribution in [3.8, 4) is 5.75 Å². The molecule has 3 unspecified atom stereocenters. The van der Waals surface area contributed by atoms with Crippen molar-refractivity contribution < 1.29 is 9.53 Å². The number of nitrogens with two attached hydrogens (primary N) is 1. The first-order valence-electron chi connectivity index (χ1n) is 8.11. The van der Waals surface area contributed by atoms with Gasteiger partial charge in [-0.1, -0.05) is 19.1 Å². The second-order valence-corrected chi connectivity index (χ2v) is 6.41. The highest BCUT2D eigenvalue weighted by Crippen LogP contribution is 2.15. The van der Waals surface area contributed by atoms with E-state index in [1.54, 1.807) is 0 Å². The molecule has 0 saturated heterocycles. The van der Waals surface area contributed by atoms with Gasteiger partial charge in [0.2, 0.25) is 5.91 Å². The topological polar surface area (TPSA) is 64.3 Å². The third kappa shape index (κ3) is 6.48. The predicted octanol–water partition coefficient (Wildman–Crippen LogP) is 2.89. The molecule has 22 heavy (non-hydrogen) atoms. The summed E-state index contributed by atoms with van der Waals surface area (Å²) in [6, 6.07) is 8.17. The van der Waals surface area contributed by atoms with Gasteiger partial charge in [-0.25, -0.2) is 0 Å². The minimum atomic E-state index is -0.157. The first-order chi connectivity index (χ1) is 10.3. The Hall–Kier alpha value is -1.55. The number of rotatable bonds is 8. The smallest absolute Gasteiger partial charge is 0.224 e. The maximum absolute atomic E-state index is 11.9. The molecule has 4 heteroatoms. The van der Waals surface area contributed by atoms with Crippen molar-refractivity contribution in [3.05, 3.63) is 29.8 Å². The number of benzene rings is 1. The lowest BCUT2D eigenvalue weighted by Gasteiger charge is -2.19. The van der Waals surface area contributed by atoms with Crippen molar-refractivity contribution in [1.82, 2.24) is 5.32 Å². The van der Waals surface area contributed by atoms with Crippen molar-refractivity contribution in [2.75, 3.05) is 0 Å². The van der Waals surface area contributed by atoms with Gasteiger partial charge < -0.3 is 15.8 Å². The Kier molecular flexibility index (Phi) is 7.39. The molecule has 0 aliphatic rings. The molecule has 0 aromatic heterocycles. The highest BCUT2D eigenvalue weighted by Gasteiger charge is 2.18. The molecular formula is C18H30N2O2. The summed E-state index contributed by atoms with van der Waals surface area (Å²) in [5, 5.41) is 3.03. The van der Waals surface area contributed by atoms with E-state index < -0.39 is 0 Å². The van der Waals surface area contributed by atoms with Crippen LogP contribution in [0.3, 0.4) is 0 Å². The van der Waals surface area contributed by atoms with Crippen molar-refractivity contribution >= 4 is 5.91 Å². The molecule has 3 atom stereocenters. The molecule has 124 valence electrons. The van der Waals surface area contributed by atoms with Crippen LogP contribution in [-0.2, 0) is 11.2 Å². The SMILES string of the molecule is CC(CCc1ccc(OC(C)C)cc1)NC(=O)C(C)C(C)N. The minimum absolute atomic E-state index is 0.0307. The van der Waals surface area contributed by atoms with E-state index in [-0.39, 0.29) is 30.0 Å². The summed E-state index contributed by atoms with van der Waals surface area (Å²) in [6.45, 7) is 9.78. The molecule has 1 rings (SSSR count). The second kappa shape index (κ2) is 8.79. The van der Waals surface area contributed by atoms with Gasteiger partial charge in [0.15, 0.2) is 0 Å². The van der Waals surface area contributed by atoms with Gasteiger partial charge in [-0.2, -0.15) is 0 Å². The molecule has 0 radical (unpaired) electrons. The molecule has 0 bridgehead atoms. The Morgan fingerprint density at radius 1 is 1.14 bits per heavy atom. The van der Waals surface area contributed by atoms with E-state index in [0.717, 1.165) is 18.6 Å². The van der Waals surface area contributed by atoms with Gasteiger partial charge in [0.05, 0.1) is 6.10 Å². The van der Waals surface area contributed by atoms with Crippen molar-refractivity contribution in [2.24, 2.45) is 11.7 Å². The first kappa shape index (κ1) is 18.5. The number of nitrogens with one attached hydrogen (secondary N) is 1. The second-order valence-electron chi connectivity index (χ2n) is 6.41. The molecule has 0 aliphatic carbocycles. The van der Waals surface area contributed by atoms with Crippen LogP contribution in [0.5, 0.6) is 5.75 Å². The number of carbonyl (C=O) groups excluding carboxylic acids is 1. The van der Waals surface area contributed by atoms with Crippen LogP contribution in [-0.4, -0.2) is 24.1 Å². The van der Waals surface area contributed by atoms with Gasteiger partial charge in [0, 0.05) is 18.0 Å². The zero-order valence-electron chi connectivity index (χ0n) is 14.4. The van der Waals surface area contributed by atoms with E-state index in [9.17, 15) is 4.79 Å². The van der Waals surface area contributed by atoms with Crippen LogP contribution in [0.4, 0.5) is 0 Å². The van der Waals surface area contributed by atoms with Crippen molar-refractivity contribution in [3.63, 3.8) is 0 Å². The summed E-state index contributed by atoms with van der Waals surface area (Å²) in [4.78, 5) is 11.9. The van der Waals surface area contributed by atoms with Crippen molar-refractivity contribution in [2.45, 2.75) is 65.6 Å². The summed E-state index contributed by atoms with van der Waals surface area (Å²) < 4.78 is 5.63. The number of hydrogen-bond acceptors (Lipinski definition) is 3. The fourth-order valence-corrected chi connectivity index (χ4v) is 2.08. The van der Waals surface area contributed by atoms with E-state index in [0.29, 0.717) is 0 Å². The van der Waals surface area contributed by atoms with Gasteiger partial charge in [-0.3, -0.25) is 4.79 Å². The number of amides is 1. The molecule has 0 aliphatic heterocycles. The molecule has 0 fully saturated rings. The third-order valence-electron chi connectivity index (χ3n) is 3.75. The zero-order chi connectivity index (χ0) is 16.7. The van der Waals surface area contributed by atoms with Crippen molar-refractivity contribution in [1.29, 1.82) is 0 Å². The van der Waals surface area contributed by atoms with Gasteiger partial charge in [0.1, 0.15) is 5.75 Å². The Morgan fingerprint density at radius 3 is 2.23 bits per heavy atom. The maximum Gasteiger partial charge on any atom is 0.224 e. The van der Waals surface area contributed by atoms with Gasteiger partial charge in [-0.15, -0.1) is 0 Å². The van der Waals surface area contributed by atoms with Crippen LogP contribution >= 0.6 is 0 Å². The average molecular weight is 306 g/mol. The minimum Gasteiger partial charge on any atom is -0.491 e. The molecule has 1 aromatic carbocycles. The lowest BCUT2D eigenvalue weighted by molar-refractivity contribution is -0.125. The number of ether oxygens (including phenoxy) is 1. The van der Waals surface area contributed by atoms with Crippen LogP contribution in [0.1, 0.15) is 46.6 Å². The summed E-state index contributed by atoms with van der Waals surface area (Å²) in [5.74, 6) is 0.768. The fraction of sp³-hybridized carbons (Fsp3) is 0.611. The lowest BCUT2D eigenvalue weighted by atomic mass is 10.0. The van der Waals surface area contributed by atoms with E-state index in [1.165, 1.54) is 5.56 Å². The molecule has 0 saturated carbocycles. The fourth-order valence-electron chi connectivity index (χ4n) is 2.08. The number of hydrogen-bond donors (Lipinski definition) is 2. The molecule has 1 amide bonds. The molecule has 4 nitrogen and oxygen atoms in total. The lowest BCUT2D eigenvalue weighted by Crippen LogP contribution is -2.42. The van der Waals surface area contributed by atoms with E-state index in [1.807, 2.05) is 46.8 Å². The van der Waals surface area contributed by atoms with E-state index in [2.05, 4.69) is 17.4 Å². The molecule has 0 heterocycles. The summed E-state index contributed by atoms with van der Waals surface area (Å²) in [7, 11) is 0. The van der Waals surface area contributed by atoms with E-state index >= 15 is 0 Å². The Bertz CT molecular complexity index is 455. The zero-order valence-corrected chi connectivity index (χ0v) is 14.4. The number of aryl methyl sites for hydroxylation is 1. The quantitative estimate of drug-likeness (QED) is 0.776. The summed E-state index contributed by atoms with van der Waals surface area (Å²) in [6.07, 6.45) is 2.02. The summed E-state index contributed by atoms with van der Waals surface area (Å²) >= 11 is 0. The predicted molar refractivity (Wildman–Crippen MR) is 90.9 cm³/mol. The number of carbonyl (C=O) groups is 1. The van der Waals surface area contributed by atoms with Gasteiger partial charge in [0.25, 0.3) is 0 Å². The third-order valence-corrected chi connectivity index (χ3v) is 3.75. The molecule has 3 N–H and O–H groups in total.